The van der Waals surface area contributed by atoms with Gasteiger partial charge in [0.1, 0.15) is 0 Å². The second-order valence-electron chi connectivity index (χ2n) is 5.57. The van der Waals surface area contributed by atoms with Crippen LogP contribution in [0.3, 0.4) is 0 Å². The van der Waals surface area contributed by atoms with Crippen LogP contribution < -0.4 is 10.6 Å². The number of benzene rings is 2. The van der Waals surface area contributed by atoms with Crippen LogP contribution in [-0.2, 0) is 11.2 Å². The Labute approximate surface area is 136 Å². The second-order valence-corrected chi connectivity index (χ2v) is 5.57. The van der Waals surface area contributed by atoms with Crippen LogP contribution in [0, 0.1) is 0 Å². The molecule has 4 heteroatoms. The van der Waals surface area contributed by atoms with Crippen molar-refractivity contribution >= 4 is 17.5 Å². The highest BCUT2D eigenvalue weighted by Gasteiger charge is 2.09. The fourth-order valence-electron chi connectivity index (χ4n) is 2.10. The molecular weight excluding hydrogens is 288 g/mol. The SMILES string of the molecule is CC[C@@H](C)NC(=O)c1ccc(NC(=O)Cc2ccccc2)cc1. The Balaban J connectivity index is 1.92. The summed E-state index contributed by atoms with van der Waals surface area (Å²) in [7, 11) is 0. The first-order chi connectivity index (χ1) is 11.1. The molecule has 0 spiro atoms. The molecule has 0 saturated carbocycles. The van der Waals surface area contributed by atoms with E-state index < -0.39 is 0 Å². The van der Waals surface area contributed by atoms with Crippen molar-refractivity contribution < 1.29 is 9.59 Å². The Kier molecular flexibility index (Phi) is 5.92. The zero-order valence-corrected chi connectivity index (χ0v) is 13.5. The lowest BCUT2D eigenvalue weighted by Crippen LogP contribution is -2.31. The predicted molar refractivity (Wildman–Crippen MR) is 92.4 cm³/mol. The van der Waals surface area contributed by atoms with E-state index in [-0.39, 0.29) is 17.9 Å². The Bertz CT molecular complexity index is 651. The van der Waals surface area contributed by atoms with Crippen molar-refractivity contribution in [2.75, 3.05) is 5.32 Å². The summed E-state index contributed by atoms with van der Waals surface area (Å²) in [6.07, 6.45) is 1.22. The van der Waals surface area contributed by atoms with E-state index in [1.54, 1.807) is 24.3 Å². The molecule has 0 radical (unpaired) electrons. The molecule has 0 fully saturated rings. The van der Waals surface area contributed by atoms with Crippen molar-refractivity contribution in [2.45, 2.75) is 32.7 Å². The lowest BCUT2D eigenvalue weighted by Gasteiger charge is -2.11. The van der Waals surface area contributed by atoms with Crippen LogP contribution in [0.5, 0.6) is 0 Å². The average molecular weight is 310 g/mol. The minimum absolute atomic E-state index is 0.0759. The van der Waals surface area contributed by atoms with E-state index in [9.17, 15) is 9.59 Å². The van der Waals surface area contributed by atoms with E-state index >= 15 is 0 Å². The smallest absolute Gasteiger partial charge is 0.251 e. The van der Waals surface area contributed by atoms with Gasteiger partial charge >= 0.3 is 0 Å². The van der Waals surface area contributed by atoms with Crippen molar-refractivity contribution in [3.63, 3.8) is 0 Å². The normalized spacial score (nSPS) is 11.6. The zero-order chi connectivity index (χ0) is 16.7. The standard InChI is InChI=1S/C19H22N2O2/c1-3-14(2)20-19(23)16-9-11-17(12-10-16)21-18(22)13-15-7-5-4-6-8-15/h4-12,14H,3,13H2,1-2H3,(H,20,23)(H,21,22)/t14-/m1/s1. The molecular formula is C19H22N2O2. The van der Waals surface area contributed by atoms with Gasteiger partial charge in [-0.15, -0.1) is 0 Å². The molecule has 0 aliphatic carbocycles. The van der Waals surface area contributed by atoms with Gasteiger partial charge in [-0.1, -0.05) is 37.3 Å². The molecule has 0 saturated heterocycles. The molecule has 4 nitrogen and oxygen atoms in total. The van der Waals surface area contributed by atoms with Crippen molar-refractivity contribution in [3.8, 4) is 0 Å². The summed E-state index contributed by atoms with van der Waals surface area (Å²) >= 11 is 0. The topological polar surface area (TPSA) is 58.2 Å². The van der Waals surface area contributed by atoms with Gasteiger partial charge in [-0.2, -0.15) is 0 Å². The molecule has 0 aromatic heterocycles. The summed E-state index contributed by atoms with van der Waals surface area (Å²) in [6.45, 7) is 3.99. The predicted octanol–water partition coefficient (Wildman–Crippen LogP) is 3.40. The number of amides is 2. The molecule has 2 rings (SSSR count). The fraction of sp³-hybridized carbons (Fsp3) is 0.263. The first-order valence-electron chi connectivity index (χ1n) is 7.83. The monoisotopic (exact) mass is 310 g/mol. The van der Waals surface area contributed by atoms with Gasteiger partial charge in [0, 0.05) is 17.3 Å². The van der Waals surface area contributed by atoms with Crippen molar-refractivity contribution in [1.29, 1.82) is 0 Å². The number of carbonyl (C=O) groups is 2. The van der Waals surface area contributed by atoms with Crippen molar-refractivity contribution in [1.82, 2.24) is 5.32 Å². The van der Waals surface area contributed by atoms with Crippen LogP contribution in [0.15, 0.2) is 54.6 Å². The van der Waals surface area contributed by atoms with E-state index in [0.717, 1.165) is 12.0 Å². The van der Waals surface area contributed by atoms with Gasteiger partial charge in [0.15, 0.2) is 0 Å². The lowest BCUT2D eigenvalue weighted by molar-refractivity contribution is -0.115. The van der Waals surface area contributed by atoms with Crippen molar-refractivity contribution in [3.05, 3.63) is 65.7 Å². The van der Waals surface area contributed by atoms with E-state index in [2.05, 4.69) is 10.6 Å². The Morgan fingerprint density at radius 3 is 2.26 bits per heavy atom. The van der Waals surface area contributed by atoms with Gasteiger partial charge in [0.05, 0.1) is 6.42 Å². The van der Waals surface area contributed by atoms with Crippen molar-refractivity contribution in [2.24, 2.45) is 0 Å². The Morgan fingerprint density at radius 1 is 1.00 bits per heavy atom. The molecule has 2 N–H and O–H groups in total. The van der Waals surface area contributed by atoms with Crippen LogP contribution >= 0.6 is 0 Å². The highest BCUT2D eigenvalue weighted by Crippen LogP contribution is 2.11. The highest BCUT2D eigenvalue weighted by molar-refractivity contribution is 5.96. The molecule has 120 valence electrons. The molecule has 2 aromatic rings. The number of anilines is 1. The van der Waals surface area contributed by atoms with E-state index in [1.807, 2.05) is 44.2 Å². The number of hydrogen-bond acceptors (Lipinski definition) is 2. The third kappa shape index (κ3) is 5.25. The summed E-state index contributed by atoms with van der Waals surface area (Å²) in [5.41, 5.74) is 2.24. The van der Waals surface area contributed by atoms with Crippen LogP contribution in [-0.4, -0.2) is 17.9 Å². The summed E-state index contributed by atoms with van der Waals surface area (Å²) in [5.74, 6) is -0.172. The molecule has 0 heterocycles. The molecule has 1 atom stereocenters. The highest BCUT2D eigenvalue weighted by atomic mass is 16.2. The Hall–Kier alpha value is -2.62. The molecule has 0 aliphatic heterocycles. The number of hydrogen-bond donors (Lipinski definition) is 2. The summed E-state index contributed by atoms with van der Waals surface area (Å²) in [6, 6.07) is 16.6. The van der Waals surface area contributed by atoms with Crippen LogP contribution in [0.4, 0.5) is 5.69 Å². The molecule has 2 amide bonds. The Morgan fingerprint density at radius 2 is 1.65 bits per heavy atom. The molecule has 0 bridgehead atoms. The number of nitrogens with one attached hydrogen (secondary N) is 2. The molecule has 23 heavy (non-hydrogen) atoms. The lowest BCUT2D eigenvalue weighted by atomic mass is 10.1. The maximum Gasteiger partial charge on any atom is 0.251 e. The minimum atomic E-state index is -0.0958. The number of carbonyl (C=O) groups excluding carboxylic acids is 2. The second kappa shape index (κ2) is 8.13. The van der Waals surface area contributed by atoms with Crippen LogP contribution in [0.25, 0.3) is 0 Å². The third-order valence-corrected chi connectivity index (χ3v) is 3.63. The van der Waals surface area contributed by atoms with E-state index in [0.29, 0.717) is 17.7 Å². The van der Waals surface area contributed by atoms with Gasteiger partial charge < -0.3 is 10.6 Å². The summed E-state index contributed by atoms with van der Waals surface area (Å²) in [4.78, 5) is 24.0. The van der Waals surface area contributed by atoms with Gasteiger partial charge in [-0.05, 0) is 43.2 Å². The van der Waals surface area contributed by atoms with Crippen LogP contribution in [0.1, 0.15) is 36.2 Å². The van der Waals surface area contributed by atoms with Gasteiger partial charge in [-0.25, -0.2) is 0 Å². The average Bonchev–Trinajstić information content (AvgIpc) is 2.56. The van der Waals surface area contributed by atoms with Gasteiger partial charge in [0.25, 0.3) is 5.91 Å². The largest absolute Gasteiger partial charge is 0.350 e. The molecule has 0 unspecified atom stereocenters. The first-order valence-corrected chi connectivity index (χ1v) is 7.83. The first kappa shape index (κ1) is 16.7. The maximum atomic E-state index is 12.0. The zero-order valence-electron chi connectivity index (χ0n) is 13.5. The van der Waals surface area contributed by atoms with E-state index in [4.69, 9.17) is 0 Å². The van der Waals surface area contributed by atoms with Gasteiger partial charge in [-0.3, -0.25) is 9.59 Å². The molecule has 0 aliphatic rings. The van der Waals surface area contributed by atoms with E-state index in [1.165, 1.54) is 0 Å². The summed E-state index contributed by atoms with van der Waals surface area (Å²) in [5, 5.41) is 5.75. The number of rotatable bonds is 6. The maximum absolute atomic E-state index is 12.0. The summed E-state index contributed by atoms with van der Waals surface area (Å²) < 4.78 is 0. The fourth-order valence-corrected chi connectivity index (χ4v) is 2.10. The van der Waals surface area contributed by atoms with Gasteiger partial charge in [0.2, 0.25) is 5.91 Å². The minimum Gasteiger partial charge on any atom is -0.350 e. The van der Waals surface area contributed by atoms with Crippen LogP contribution in [0.2, 0.25) is 0 Å². The molecule has 2 aromatic carbocycles. The quantitative estimate of drug-likeness (QED) is 0.859. The third-order valence-electron chi connectivity index (χ3n) is 3.63.